The first-order valence-corrected chi connectivity index (χ1v) is 9.60. The zero-order chi connectivity index (χ0) is 20.2. The van der Waals surface area contributed by atoms with Crippen LogP contribution in [0.1, 0.15) is 6.92 Å². The number of benzene rings is 2. The van der Waals surface area contributed by atoms with Gasteiger partial charge in [0.05, 0.1) is 28.8 Å². The maximum absolute atomic E-state index is 13.6. The first kappa shape index (κ1) is 21.1. The highest BCUT2D eigenvalue weighted by Gasteiger charge is 2.24. The van der Waals surface area contributed by atoms with Crippen molar-refractivity contribution in [3.8, 4) is 5.75 Å². The third-order valence-electron chi connectivity index (χ3n) is 3.48. The number of carbonyl (C=O) groups is 1. The minimum Gasteiger partial charge on any atom is -0.492 e. The number of hydrogen-bond donors (Lipinski definition) is 1. The molecule has 0 bridgehead atoms. The molecule has 6 nitrogen and oxygen atoms in total. The molecule has 2 aromatic carbocycles. The summed E-state index contributed by atoms with van der Waals surface area (Å²) in [6, 6.07) is 6.47. The van der Waals surface area contributed by atoms with Crippen LogP contribution in [0.3, 0.4) is 0 Å². The highest BCUT2D eigenvalue weighted by atomic mass is 35.5. The molecule has 146 valence electrons. The lowest BCUT2D eigenvalue weighted by Crippen LogP contribution is -2.35. The number of amides is 1. The van der Waals surface area contributed by atoms with Gasteiger partial charge in [-0.15, -0.1) is 0 Å². The minimum atomic E-state index is -4.03. The Kier molecular flexibility index (Phi) is 6.74. The van der Waals surface area contributed by atoms with Crippen LogP contribution in [0.15, 0.2) is 41.3 Å². The molecule has 2 rings (SSSR count). The van der Waals surface area contributed by atoms with E-state index in [0.717, 1.165) is 22.5 Å². The van der Waals surface area contributed by atoms with Crippen LogP contribution in [0, 0.1) is 11.6 Å². The van der Waals surface area contributed by atoms with Gasteiger partial charge in [-0.2, -0.15) is 4.31 Å². The Morgan fingerprint density at radius 1 is 1.22 bits per heavy atom. The van der Waals surface area contributed by atoms with Gasteiger partial charge in [0.2, 0.25) is 15.9 Å². The number of anilines is 1. The zero-order valence-electron chi connectivity index (χ0n) is 14.5. The van der Waals surface area contributed by atoms with E-state index in [1.807, 2.05) is 0 Å². The molecular formula is C17H17ClF2N2O4S. The van der Waals surface area contributed by atoms with Crippen LogP contribution < -0.4 is 10.1 Å². The smallest absolute Gasteiger partial charge is 0.243 e. The van der Waals surface area contributed by atoms with Crippen LogP contribution in [0.2, 0.25) is 5.02 Å². The average Bonchev–Trinajstić information content (AvgIpc) is 2.59. The van der Waals surface area contributed by atoms with Gasteiger partial charge >= 0.3 is 0 Å². The van der Waals surface area contributed by atoms with E-state index in [2.05, 4.69) is 5.32 Å². The van der Waals surface area contributed by atoms with Crippen molar-refractivity contribution in [2.75, 3.05) is 25.5 Å². The standard InChI is InChI=1S/C17H17ClF2N2O4S/c1-3-26-16-7-5-12(9-13(16)18)27(24,25)22(2)10-17(23)21-15-8-11(19)4-6-14(15)20/h4-9H,3,10H2,1-2H3,(H,21,23). The molecule has 0 radical (unpaired) electrons. The highest BCUT2D eigenvalue weighted by molar-refractivity contribution is 7.89. The lowest BCUT2D eigenvalue weighted by atomic mass is 10.3. The Morgan fingerprint density at radius 2 is 1.93 bits per heavy atom. The van der Waals surface area contributed by atoms with Crippen molar-refractivity contribution in [1.82, 2.24) is 4.31 Å². The molecule has 2 aromatic rings. The van der Waals surface area contributed by atoms with Gasteiger partial charge < -0.3 is 10.1 Å². The minimum absolute atomic E-state index is 0.109. The van der Waals surface area contributed by atoms with Gasteiger partial charge in [0.15, 0.2) is 0 Å². The fraction of sp³-hybridized carbons (Fsp3) is 0.235. The Labute approximate surface area is 160 Å². The van der Waals surface area contributed by atoms with E-state index in [9.17, 15) is 22.0 Å². The van der Waals surface area contributed by atoms with Crippen LogP contribution in [-0.4, -0.2) is 38.8 Å². The summed E-state index contributed by atoms with van der Waals surface area (Å²) in [5.74, 6) is -2.08. The van der Waals surface area contributed by atoms with Crippen LogP contribution in [0.4, 0.5) is 14.5 Å². The Morgan fingerprint density at radius 3 is 2.56 bits per heavy atom. The number of ether oxygens (including phenoxy) is 1. The molecule has 0 aliphatic carbocycles. The summed E-state index contributed by atoms with van der Waals surface area (Å²) in [7, 11) is -2.85. The molecule has 0 saturated heterocycles. The maximum Gasteiger partial charge on any atom is 0.243 e. The van der Waals surface area contributed by atoms with E-state index in [1.54, 1.807) is 6.92 Å². The average molecular weight is 419 g/mol. The second-order valence-electron chi connectivity index (χ2n) is 5.46. The number of hydrogen-bond acceptors (Lipinski definition) is 4. The van der Waals surface area contributed by atoms with E-state index in [0.29, 0.717) is 12.4 Å². The Bertz CT molecular complexity index is 954. The molecule has 27 heavy (non-hydrogen) atoms. The predicted octanol–water partition coefficient (Wildman–Crippen LogP) is 3.28. The van der Waals surface area contributed by atoms with E-state index >= 15 is 0 Å². The quantitative estimate of drug-likeness (QED) is 0.748. The number of nitrogens with one attached hydrogen (secondary N) is 1. The normalized spacial score (nSPS) is 11.5. The zero-order valence-corrected chi connectivity index (χ0v) is 16.1. The van der Waals surface area contributed by atoms with Gasteiger partial charge in [-0.05, 0) is 37.3 Å². The van der Waals surface area contributed by atoms with Crippen molar-refractivity contribution < 1.29 is 26.7 Å². The molecular weight excluding hydrogens is 402 g/mol. The lowest BCUT2D eigenvalue weighted by Gasteiger charge is -2.17. The SMILES string of the molecule is CCOc1ccc(S(=O)(=O)N(C)CC(=O)Nc2cc(F)ccc2F)cc1Cl. The molecule has 0 spiro atoms. The molecule has 1 amide bonds. The van der Waals surface area contributed by atoms with E-state index in [4.69, 9.17) is 16.3 Å². The summed E-state index contributed by atoms with van der Waals surface area (Å²) in [4.78, 5) is 11.9. The van der Waals surface area contributed by atoms with E-state index < -0.39 is 34.1 Å². The number of likely N-dealkylation sites (N-methyl/N-ethyl adjacent to an activating group) is 1. The molecule has 0 unspecified atom stereocenters. The predicted molar refractivity (Wildman–Crippen MR) is 97.4 cm³/mol. The molecule has 0 atom stereocenters. The number of rotatable bonds is 7. The van der Waals surface area contributed by atoms with Crippen molar-refractivity contribution in [1.29, 1.82) is 0 Å². The van der Waals surface area contributed by atoms with Crippen LogP contribution in [-0.2, 0) is 14.8 Å². The van der Waals surface area contributed by atoms with E-state index in [1.165, 1.54) is 25.2 Å². The second-order valence-corrected chi connectivity index (χ2v) is 7.91. The molecule has 0 aliphatic heterocycles. The monoisotopic (exact) mass is 418 g/mol. The molecule has 10 heteroatoms. The van der Waals surface area contributed by atoms with Gasteiger partial charge in [-0.25, -0.2) is 17.2 Å². The maximum atomic E-state index is 13.6. The van der Waals surface area contributed by atoms with Gasteiger partial charge in [-0.1, -0.05) is 11.6 Å². The molecule has 0 saturated carbocycles. The number of sulfonamides is 1. The summed E-state index contributed by atoms with van der Waals surface area (Å²) in [6.45, 7) is 1.51. The van der Waals surface area contributed by atoms with Gasteiger partial charge in [0, 0.05) is 13.1 Å². The van der Waals surface area contributed by atoms with Crippen molar-refractivity contribution in [2.45, 2.75) is 11.8 Å². The summed E-state index contributed by atoms with van der Waals surface area (Å²) in [6.07, 6.45) is 0. The fourth-order valence-electron chi connectivity index (χ4n) is 2.16. The van der Waals surface area contributed by atoms with Gasteiger partial charge in [0.1, 0.15) is 17.4 Å². The van der Waals surface area contributed by atoms with Gasteiger partial charge in [-0.3, -0.25) is 4.79 Å². The van der Waals surface area contributed by atoms with Crippen LogP contribution >= 0.6 is 11.6 Å². The molecule has 0 fully saturated rings. The molecule has 0 aromatic heterocycles. The topological polar surface area (TPSA) is 75.7 Å². The Balaban J connectivity index is 2.13. The second kappa shape index (κ2) is 8.64. The molecule has 0 heterocycles. The van der Waals surface area contributed by atoms with Crippen LogP contribution in [0.25, 0.3) is 0 Å². The van der Waals surface area contributed by atoms with Gasteiger partial charge in [0.25, 0.3) is 0 Å². The summed E-state index contributed by atoms with van der Waals surface area (Å²) >= 11 is 6.00. The first-order chi connectivity index (χ1) is 12.6. The van der Waals surface area contributed by atoms with Crippen molar-refractivity contribution in [3.63, 3.8) is 0 Å². The number of carbonyl (C=O) groups excluding carboxylic acids is 1. The molecule has 1 N–H and O–H groups in total. The number of nitrogens with zero attached hydrogens (tertiary/aromatic N) is 1. The Hall–Kier alpha value is -2.23. The first-order valence-electron chi connectivity index (χ1n) is 7.78. The third kappa shape index (κ3) is 5.15. The lowest BCUT2D eigenvalue weighted by molar-refractivity contribution is -0.116. The summed E-state index contributed by atoms with van der Waals surface area (Å²) < 4.78 is 57.9. The third-order valence-corrected chi connectivity index (χ3v) is 5.57. The van der Waals surface area contributed by atoms with Crippen LogP contribution in [0.5, 0.6) is 5.75 Å². The van der Waals surface area contributed by atoms with Crippen molar-refractivity contribution in [2.24, 2.45) is 0 Å². The largest absolute Gasteiger partial charge is 0.492 e. The highest BCUT2D eigenvalue weighted by Crippen LogP contribution is 2.28. The number of halogens is 3. The summed E-state index contributed by atoms with van der Waals surface area (Å²) in [5, 5.41) is 2.25. The fourth-order valence-corrected chi connectivity index (χ4v) is 3.62. The van der Waals surface area contributed by atoms with Crippen molar-refractivity contribution in [3.05, 3.63) is 53.1 Å². The molecule has 0 aliphatic rings. The van der Waals surface area contributed by atoms with Crippen molar-refractivity contribution >= 4 is 33.2 Å². The van der Waals surface area contributed by atoms with E-state index in [-0.39, 0.29) is 15.6 Å². The summed E-state index contributed by atoms with van der Waals surface area (Å²) in [5.41, 5.74) is -0.380.